The average molecular weight is 507 g/mol. The van der Waals surface area contributed by atoms with Gasteiger partial charge in [0.2, 0.25) is 0 Å². The number of nitrogens with zero attached hydrogens (tertiary/aromatic N) is 2. The Bertz CT molecular complexity index is 624. The summed E-state index contributed by atoms with van der Waals surface area (Å²) < 4.78 is 5.52. The third-order valence-corrected chi connectivity index (χ3v) is 5.73. The lowest BCUT2D eigenvalue weighted by molar-refractivity contribution is 0.128. The van der Waals surface area contributed by atoms with E-state index in [9.17, 15) is 0 Å². The first-order chi connectivity index (χ1) is 12.6. The molecule has 1 aromatic carbocycles. The largest absolute Gasteiger partial charge is 0.382 e. The van der Waals surface area contributed by atoms with Gasteiger partial charge in [0.05, 0.1) is 0 Å². The van der Waals surface area contributed by atoms with Crippen LogP contribution in [0.1, 0.15) is 32.6 Å². The van der Waals surface area contributed by atoms with Gasteiger partial charge in [-0.15, -0.1) is 24.0 Å². The zero-order chi connectivity index (χ0) is 18.4. The molecule has 1 aromatic rings. The van der Waals surface area contributed by atoms with Gasteiger partial charge in [0, 0.05) is 56.6 Å². The Morgan fingerprint density at radius 3 is 2.89 bits per heavy atom. The van der Waals surface area contributed by atoms with Crippen molar-refractivity contribution in [3.8, 4) is 0 Å². The van der Waals surface area contributed by atoms with Crippen LogP contribution in [0.15, 0.2) is 29.3 Å². The molecule has 2 fully saturated rings. The van der Waals surface area contributed by atoms with Gasteiger partial charge in [-0.25, -0.2) is 0 Å². The molecule has 1 saturated carbocycles. The van der Waals surface area contributed by atoms with Crippen molar-refractivity contribution in [3.63, 3.8) is 0 Å². The van der Waals surface area contributed by atoms with Crippen LogP contribution < -0.4 is 15.5 Å². The number of benzene rings is 1. The molecule has 1 atom stereocenters. The van der Waals surface area contributed by atoms with E-state index in [1.54, 1.807) is 0 Å². The standard InChI is InChI=1S/C20H31ClN4O.HI/c1-3-26-12-10-20(8-9-20)15-23-19(22-2)24-17-7-11-25(14-17)18-6-4-5-16(21)13-18;/h4-6,13,17H,3,7-12,14-15H2,1-2H3,(H2,22,23,24);1H. The van der Waals surface area contributed by atoms with Crippen LogP contribution in [0.5, 0.6) is 0 Å². The van der Waals surface area contributed by atoms with Crippen LogP contribution in [0.2, 0.25) is 5.02 Å². The molecule has 152 valence electrons. The minimum Gasteiger partial charge on any atom is -0.382 e. The second-order valence-electron chi connectivity index (χ2n) is 7.43. The van der Waals surface area contributed by atoms with Gasteiger partial charge in [-0.1, -0.05) is 17.7 Å². The van der Waals surface area contributed by atoms with Crippen LogP contribution in [-0.2, 0) is 4.74 Å². The summed E-state index contributed by atoms with van der Waals surface area (Å²) >= 11 is 6.12. The molecule has 0 spiro atoms. The van der Waals surface area contributed by atoms with E-state index in [0.717, 1.165) is 56.7 Å². The number of halogens is 2. The monoisotopic (exact) mass is 506 g/mol. The number of rotatable bonds is 8. The van der Waals surface area contributed by atoms with E-state index in [0.29, 0.717) is 11.5 Å². The molecule has 1 aliphatic carbocycles. The van der Waals surface area contributed by atoms with Gasteiger partial charge < -0.3 is 20.3 Å². The predicted octanol–water partition coefficient (Wildman–Crippen LogP) is 3.91. The van der Waals surface area contributed by atoms with Gasteiger partial charge >= 0.3 is 0 Å². The van der Waals surface area contributed by atoms with Crippen molar-refractivity contribution < 1.29 is 4.74 Å². The summed E-state index contributed by atoms with van der Waals surface area (Å²) in [4.78, 5) is 6.79. The SMILES string of the molecule is CCOCCC1(CNC(=NC)NC2CCN(c3cccc(Cl)c3)C2)CC1.I. The fraction of sp³-hybridized carbons (Fsp3) is 0.650. The lowest BCUT2D eigenvalue weighted by Crippen LogP contribution is -2.46. The van der Waals surface area contributed by atoms with Crippen molar-refractivity contribution in [2.45, 2.75) is 38.6 Å². The summed E-state index contributed by atoms with van der Waals surface area (Å²) in [6.07, 6.45) is 4.81. The highest BCUT2D eigenvalue weighted by Crippen LogP contribution is 2.48. The van der Waals surface area contributed by atoms with Gasteiger partial charge in [-0.05, 0) is 56.2 Å². The highest BCUT2D eigenvalue weighted by molar-refractivity contribution is 14.0. The van der Waals surface area contributed by atoms with E-state index in [1.165, 1.54) is 18.5 Å². The van der Waals surface area contributed by atoms with E-state index in [1.807, 2.05) is 25.2 Å². The van der Waals surface area contributed by atoms with Crippen LogP contribution in [-0.4, -0.2) is 51.9 Å². The quantitative estimate of drug-likeness (QED) is 0.243. The Morgan fingerprint density at radius 1 is 1.41 bits per heavy atom. The average Bonchev–Trinajstić information content (AvgIpc) is 3.26. The minimum atomic E-state index is 0. The maximum absolute atomic E-state index is 6.12. The summed E-state index contributed by atoms with van der Waals surface area (Å²) in [6, 6.07) is 8.49. The van der Waals surface area contributed by atoms with Crippen molar-refractivity contribution in [2.24, 2.45) is 10.4 Å². The van der Waals surface area contributed by atoms with Gasteiger partial charge in [0.1, 0.15) is 0 Å². The Kier molecular flexibility index (Phi) is 8.95. The van der Waals surface area contributed by atoms with Gasteiger partial charge in [-0.2, -0.15) is 0 Å². The lowest BCUT2D eigenvalue weighted by Gasteiger charge is -2.22. The summed E-state index contributed by atoms with van der Waals surface area (Å²) in [7, 11) is 1.85. The summed E-state index contributed by atoms with van der Waals surface area (Å²) in [6.45, 7) is 6.70. The Labute approximate surface area is 185 Å². The first-order valence-electron chi connectivity index (χ1n) is 9.69. The molecular weight excluding hydrogens is 475 g/mol. The number of hydrogen-bond donors (Lipinski definition) is 2. The predicted molar refractivity (Wildman–Crippen MR) is 125 cm³/mol. The molecule has 27 heavy (non-hydrogen) atoms. The number of nitrogens with one attached hydrogen (secondary N) is 2. The molecule has 0 radical (unpaired) electrons. The minimum absolute atomic E-state index is 0. The molecule has 3 rings (SSSR count). The molecule has 1 heterocycles. The van der Waals surface area contributed by atoms with Gasteiger partial charge in [0.15, 0.2) is 5.96 Å². The smallest absolute Gasteiger partial charge is 0.191 e. The molecule has 5 nitrogen and oxygen atoms in total. The summed E-state index contributed by atoms with van der Waals surface area (Å²) in [5.41, 5.74) is 1.60. The number of guanidine groups is 1. The molecule has 1 unspecified atom stereocenters. The molecule has 0 aromatic heterocycles. The third kappa shape index (κ3) is 6.68. The molecular formula is C20H32ClIN4O. The van der Waals surface area contributed by atoms with E-state index in [2.05, 4.69) is 33.5 Å². The van der Waals surface area contributed by atoms with Crippen LogP contribution in [0.25, 0.3) is 0 Å². The highest BCUT2D eigenvalue weighted by atomic mass is 127. The number of hydrogen-bond acceptors (Lipinski definition) is 3. The molecule has 1 aliphatic heterocycles. The fourth-order valence-electron chi connectivity index (χ4n) is 3.57. The topological polar surface area (TPSA) is 48.9 Å². The number of ether oxygens (including phenoxy) is 1. The van der Waals surface area contributed by atoms with E-state index >= 15 is 0 Å². The molecule has 0 bridgehead atoms. The summed E-state index contributed by atoms with van der Waals surface area (Å²) in [5, 5.41) is 7.90. The molecule has 7 heteroatoms. The lowest BCUT2D eigenvalue weighted by atomic mass is 10.0. The normalized spacial score (nSPS) is 20.9. The number of aliphatic imine (C=N–C) groups is 1. The second kappa shape index (κ2) is 10.7. The van der Waals surface area contributed by atoms with Gasteiger partial charge in [-0.3, -0.25) is 4.99 Å². The first-order valence-corrected chi connectivity index (χ1v) is 10.1. The van der Waals surface area contributed by atoms with Crippen LogP contribution in [0.3, 0.4) is 0 Å². The van der Waals surface area contributed by atoms with Crippen molar-refractivity contribution in [1.29, 1.82) is 0 Å². The van der Waals surface area contributed by atoms with Crippen molar-refractivity contribution >= 4 is 47.2 Å². The Balaban J connectivity index is 0.00000261. The Hall–Kier alpha value is -0.730. The van der Waals surface area contributed by atoms with Crippen molar-refractivity contribution in [2.75, 3.05) is 44.8 Å². The molecule has 0 amide bonds. The molecule has 2 N–H and O–H groups in total. The first kappa shape index (κ1) is 22.6. The van der Waals surface area contributed by atoms with E-state index in [-0.39, 0.29) is 24.0 Å². The zero-order valence-electron chi connectivity index (χ0n) is 16.3. The molecule has 1 saturated heterocycles. The Morgan fingerprint density at radius 2 is 2.22 bits per heavy atom. The van der Waals surface area contributed by atoms with E-state index < -0.39 is 0 Å². The molecule has 2 aliphatic rings. The van der Waals surface area contributed by atoms with Gasteiger partial charge in [0.25, 0.3) is 0 Å². The summed E-state index contributed by atoms with van der Waals surface area (Å²) in [5.74, 6) is 0.908. The number of anilines is 1. The highest BCUT2D eigenvalue weighted by Gasteiger charge is 2.42. The van der Waals surface area contributed by atoms with E-state index in [4.69, 9.17) is 16.3 Å². The van der Waals surface area contributed by atoms with Crippen molar-refractivity contribution in [3.05, 3.63) is 29.3 Å². The third-order valence-electron chi connectivity index (χ3n) is 5.49. The zero-order valence-corrected chi connectivity index (χ0v) is 19.4. The maximum atomic E-state index is 6.12. The second-order valence-corrected chi connectivity index (χ2v) is 7.86. The van der Waals surface area contributed by atoms with Crippen LogP contribution >= 0.6 is 35.6 Å². The van der Waals surface area contributed by atoms with Crippen LogP contribution in [0, 0.1) is 5.41 Å². The maximum Gasteiger partial charge on any atom is 0.191 e. The van der Waals surface area contributed by atoms with Crippen molar-refractivity contribution in [1.82, 2.24) is 10.6 Å². The van der Waals surface area contributed by atoms with Crippen LogP contribution in [0.4, 0.5) is 5.69 Å². The fourth-order valence-corrected chi connectivity index (χ4v) is 3.75.